The van der Waals surface area contributed by atoms with Gasteiger partial charge in [-0.3, -0.25) is 14.2 Å². The van der Waals surface area contributed by atoms with Crippen LogP contribution in [0.25, 0.3) is 21.5 Å². The number of carbonyl (C=O) groups excluding carboxylic acids is 1. The van der Waals surface area contributed by atoms with Crippen molar-refractivity contribution in [1.82, 2.24) is 19.2 Å². The first-order chi connectivity index (χ1) is 16.2. The molecule has 0 aliphatic rings. The number of fused-ring (bicyclic) bond motifs is 1. The molecule has 5 aromatic rings. The largest absolute Gasteiger partial charge is 0.344 e. The molecule has 7 heteroatoms. The lowest BCUT2D eigenvalue weighted by atomic mass is 9.99. The van der Waals surface area contributed by atoms with Crippen LogP contribution in [0.3, 0.4) is 0 Å². The lowest BCUT2D eigenvalue weighted by Crippen LogP contribution is -2.35. The molecule has 162 valence electrons. The Labute approximate surface area is 194 Å². The van der Waals surface area contributed by atoms with Gasteiger partial charge in [-0.25, -0.2) is 4.98 Å². The Hall–Kier alpha value is -4.10. The molecule has 0 fully saturated rings. The van der Waals surface area contributed by atoms with Crippen LogP contribution in [0.5, 0.6) is 0 Å². The van der Waals surface area contributed by atoms with Crippen molar-refractivity contribution in [1.29, 1.82) is 0 Å². The zero-order valence-electron chi connectivity index (χ0n) is 17.6. The number of hydrogen-bond donors (Lipinski definition) is 1. The van der Waals surface area contributed by atoms with Crippen molar-refractivity contribution < 1.29 is 4.79 Å². The summed E-state index contributed by atoms with van der Waals surface area (Å²) in [7, 11) is 0. The van der Waals surface area contributed by atoms with Gasteiger partial charge in [-0.05, 0) is 22.7 Å². The van der Waals surface area contributed by atoms with Gasteiger partial charge in [0.2, 0.25) is 5.91 Å². The van der Waals surface area contributed by atoms with Crippen molar-refractivity contribution in [2.75, 3.05) is 0 Å². The molecule has 1 amide bonds. The summed E-state index contributed by atoms with van der Waals surface area (Å²) in [5, 5.41) is 3.07. The third-order valence-electron chi connectivity index (χ3n) is 5.38. The van der Waals surface area contributed by atoms with Gasteiger partial charge in [-0.15, -0.1) is 0 Å². The fraction of sp³-hybridized carbons (Fsp3) is 0.0769. The molecule has 3 aromatic carbocycles. The van der Waals surface area contributed by atoms with Crippen molar-refractivity contribution in [2.45, 2.75) is 12.6 Å². The molecule has 1 N–H and O–H groups in total. The highest BCUT2D eigenvalue weighted by Gasteiger charge is 2.19. The smallest absolute Gasteiger partial charge is 0.273 e. The van der Waals surface area contributed by atoms with Crippen LogP contribution in [0.15, 0.2) is 102 Å². The van der Waals surface area contributed by atoms with Gasteiger partial charge >= 0.3 is 0 Å². The Morgan fingerprint density at radius 3 is 2.06 bits per heavy atom. The summed E-state index contributed by atoms with van der Waals surface area (Å²) in [5.41, 5.74) is 3.79. The summed E-state index contributed by atoms with van der Waals surface area (Å²) in [4.78, 5) is 30.5. The van der Waals surface area contributed by atoms with E-state index in [9.17, 15) is 9.59 Å². The van der Waals surface area contributed by atoms with Crippen LogP contribution in [0.1, 0.15) is 17.2 Å². The first-order valence-corrected chi connectivity index (χ1v) is 11.3. The molecule has 2 aromatic heterocycles. The average molecular weight is 453 g/mol. The summed E-state index contributed by atoms with van der Waals surface area (Å²) in [6.07, 6.45) is 1.42. The zero-order valence-corrected chi connectivity index (χ0v) is 18.4. The second-order valence-corrected chi connectivity index (χ2v) is 8.35. The number of carbonyl (C=O) groups is 1. The Balaban J connectivity index is 1.41. The molecule has 2 heterocycles. The molecule has 0 radical (unpaired) electrons. The molecule has 0 atom stereocenters. The van der Waals surface area contributed by atoms with Crippen LogP contribution in [0.4, 0.5) is 0 Å². The fourth-order valence-corrected chi connectivity index (χ4v) is 4.57. The van der Waals surface area contributed by atoms with Crippen molar-refractivity contribution in [2.24, 2.45) is 0 Å². The molecule has 0 saturated carbocycles. The topological polar surface area (TPSA) is 76.9 Å². The minimum atomic E-state index is -0.319. The minimum absolute atomic E-state index is 0.128. The molecular formula is C26H20N4O2S. The molecule has 0 unspecified atom stereocenters. The van der Waals surface area contributed by atoms with Crippen LogP contribution >= 0.6 is 11.5 Å². The Kier molecular flexibility index (Phi) is 5.78. The van der Waals surface area contributed by atoms with E-state index in [1.807, 2.05) is 91.0 Å². The van der Waals surface area contributed by atoms with Crippen LogP contribution in [-0.2, 0) is 11.3 Å². The van der Waals surface area contributed by atoms with Crippen molar-refractivity contribution >= 4 is 27.7 Å². The normalized spacial score (nSPS) is 11.1. The van der Waals surface area contributed by atoms with Gasteiger partial charge in [-0.2, -0.15) is 4.37 Å². The fourth-order valence-electron chi connectivity index (χ4n) is 3.77. The number of nitrogens with zero attached hydrogens (tertiary/aromatic N) is 3. The third-order valence-corrected chi connectivity index (χ3v) is 6.21. The number of nitrogens with one attached hydrogen (secondary N) is 1. The van der Waals surface area contributed by atoms with Crippen LogP contribution in [0.2, 0.25) is 0 Å². The number of benzene rings is 3. The summed E-state index contributed by atoms with van der Waals surface area (Å²) >= 11 is 1.11. The van der Waals surface area contributed by atoms with Crippen LogP contribution in [0, 0.1) is 0 Å². The first kappa shape index (κ1) is 20.8. The van der Waals surface area contributed by atoms with Crippen LogP contribution < -0.4 is 10.9 Å². The van der Waals surface area contributed by atoms with E-state index in [0.29, 0.717) is 15.9 Å². The Bertz CT molecular complexity index is 1410. The average Bonchev–Trinajstić information content (AvgIpc) is 3.31. The van der Waals surface area contributed by atoms with Gasteiger partial charge in [0.25, 0.3) is 5.56 Å². The van der Waals surface area contributed by atoms with Crippen molar-refractivity contribution in [3.63, 3.8) is 0 Å². The van der Waals surface area contributed by atoms with Gasteiger partial charge in [0, 0.05) is 5.56 Å². The molecule has 33 heavy (non-hydrogen) atoms. The maximum atomic E-state index is 13.0. The molecule has 0 aliphatic carbocycles. The number of aromatic nitrogens is 3. The zero-order chi connectivity index (χ0) is 22.6. The van der Waals surface area contributed by atoms with Crippen molar-refractivity contribution in [3.05, 3.63) is 119 Å². The summed E-state index contributed by atoms with van der Waals surface area (Å²) in [5.74, 6) is -0.274. The number of rotatable bonds is 6. The predicted octanol–water partition coefficient (Wildman–Crippen LogP) is 4.43. The number of hydrogen-bond acceptors (Lipinski definition) is 5. The summed E-state index contributed by atoms with van der Waals surface area (Å²) in [6, 6.07) is 28.8. The molecule has 5 rings (SSSR count). The van der Waals surface area contributed by atoms with E-state index in [2.05, 4.69) is 14.7 Å². The first-order valence-electron chi connectivity index (χ1n) is 10.5. The lowest BCUT2D eigenvalue weighted by Gasteiger charge is -2.20. The van der Waals surface area contributed by atoms with Gasteiger partial charge in [0.15, 0.2) is 0 Å². The van der Waals surface area contributed by atoms with Crippen molar-refractivity contribution in [3.8, 4) is 11.3 Å². The van der Waals surface area contributed by atoms with E-state index in [4.69, 9.17) is 0 Å². The van der Waals surface area contributed by atoms with Crippen LogP contribution in [-0.4, -0.2) is 19.8 Å². The molecule has 0 saturated heterocycles. The van der Waals surface area contributed by atoms with E-state index < -0.39 is 0 Å². The summed E-state index contributed by atoms with van der Waals surface area (Å²) < 4.78 is 6.21. The Morgan fingerprint density at radius 1 is 0.879 bits per heavy atom. The highest BCUT2D eigenvalue weighted by molar-refractivity contribution is 7.13. The number of amides is 1. The molecule has 0 bridgehead atoms. The van der Waals surface area contributed by atoms with E-state index in [-0.39, 0.29) is 24.1 Å². The van der Waals surface area contributed by atoms with E-state index >= 15 is 0 Å². The predicted molar refractivity (Wildman–Crippen MR) is 130 cm³/mol. The van der Waals surface area contributed by atoms with Gasteiger partial charge in [0.05, 0.1) is 12.4 Å². The van der Waals surface area contributed by atoms with E-state index in [1.54, 1.807) is 0 Å². The minimum Gasteiger partial charge on any atom is -0.344 e. The third kappa shape index (κ3) is 4.31. The maximum Gasteiger partial charge on any atom is 0.273 e. The highest BCUT2D eigenvalue weighted by atomic mass is 32.1. The monoisotopic (exact) mass is 452 g/mol. The summed E-state index contributed by atoms with van der Waals surface area (Å²) in [6.45, 7) is -0.128. The molecular weight excluding hydrogens is 432 g/mol. The van der Waals surface area contributed by atoms with Gasteiger partial charge in [-0.1, -0.05) is 91.0 Å². The molecule has 6 nitrogen and oxygen atoms in total. The second kappa shape index (κ2) is 9.18. The Morgan fingerprint density at radius 2 is 1.45 bits per heavy atom. The second-order valence-electron chi connectivity index (χ2n) is 7.57. The standard InChI is InChI=1S/C26H20N4O2S/c31-21(28-22(18-10-4-1-5-11-18)19-12-6-2-7-13-19)16-30-17-27-24-23(20-14-8-3-9-15-20)29-33-25(24)26(30)32/h1-15,17,22H,16H2,(H,28,31). The van der Waals surface area contributed by atoms with Gasteiger partial charge in [0.1, 0.15) is 22.5 Å². The SMILES string of the molecule is O=C(Cn1cnc2c(-c3ccccc3)nsc2c1=O)NC(c1ccccc1)c1ccccc1. The maximum absolute atomic E-state index is 13.0. The quantitative estimate of drug-likeness (QED) is 0.414. The molecule has 0 aliphatic heterocycles. The van der Waals surface area contributed by atoms with E-state index in [0.717, 1.165) is 28.2 Å². The molecule has 0 spiro atoms. The van der Waals surface area contributed by atoms with Gasteiger partial charge < -0.3 is 5.32 Å². The van der Waals surface area contributed by atoms with E-state index in [1.165, 1.54) is 10.9 Å². The highest BCUT2D eigenvalue weighted by Crippen LogP contribution is 2.27. The lowest BCUT2D eigenvalue weighted by molar-refractivity contribution is -0.122.